The molecule has 1 aliphatic rings. The van der Waals surface area contributed by atoms with Gasteiger partial charge < -0.3 is 14.7 Å². The molecule has 4 nitrogen and oxygen atoms in total. The predicted molar refractivity (Wildman–Crippen MR) is 115 cm³/mol. The van der Waals surface area contributed by atoms with Gasteiger partial charge in [0.05, 0.1) is 5.60 Å². The third kappa shape index (κ3) is 5.48. The highest BCUT2D eigenvalue weighted by Gasteiger charge is 2.36. The van der Waals surface area contributed by atoms with E-state index >= 15 is 0 Å². The lowest BCUT2D eigenvalue weighted by Crippen LogP contribution is -2.46. The molecule has 0 radical (unpaired) electrons. The number of benzene rings is 1. The fourth-order valence-corrected chi connectivity index (χ4v) is 3.47. The van der Waals surface area contributed by atoms with E-state index in [1.807, 2.05) is 33.8 Å². The quantitative estimate of drug-likeness (QED) is 0.688. The van der Waals surface area contributed by atoms with Crippen LogP contribution in [0.2, 0.25) is 0 Å². The lowest BCUT2D eigenvalue weighted by atomic mass is 9.83. The maximum Gasteiger partial charge on any atom is 0.410 e. The fourth-order valence-electron chi connectivity index (χ4n) is 3.47. The summed E-state index contributed by atoms with van der Waals surface area (Å²) in [5.74, 6) is 0. The van der Waals surface area contributed by atoms with Gasteiger partial charge in [0.25, 0.3) is 0 Å². The van der Waals surface area contributed by atoms with Crippen molar-refractivity contribution in [2.75, 3.05) is 13.1 Å². The van der Waals surface area contributed by atoms with E-state index in [1.54, 1.807) is 4.90 Å². The van der Waals surface area contributed by atoms with Gasteiger partial charge in [-0.25, -0.2) is 4.79 Å². The first kappa shape index (κ1) is 22.2. The summed E-state index contributed by atoms with van der Waals surface area (Å²) in [4.78, 5) is 14.0. The third-order valence-corrected chi connectivity index (χ3v) is 5.32. The maximum absolute atomic E-state index is 12.3. The number of carbonyl (C=O) groups is 1. The standard InChI is InChI=1S/C24H35NO3/c1-8-19(17(2)3)15-20-16-21(10-9-18(20)4)24(27)11-13-25(14-12-24)22(26)28-23(5,6)7/h9-10,15-16,27H,2,8,11-14H2,1,3-7H3/b19-15-. The van der Waals surface area contributed by atoms with E-state index in [4.69, 9.17) is 4.74 Å². The van der Waals surface area contributed by atoms with Gasteiger partial charge in [-0.1, -0.05) is 37.3 Å². The average molecular weight is 386 g/mol. The molecule has 0 aliphatic carbocycles. The number of aliphatic hydroxyl groups is 1. The van der Waals surface area contributed by atoms with Crippen LogP contribution in [0.4, 0.5) is 4.79 Å². The highest BCUT2D eigenvalue weighted by atomic mass is 16.6. The number of nitrogens with zero attached hydrogens (tertiary/aromatic N) is 1. The summed E-state index contributed by atoms with van der Waals surface area (Å²) >= 11 is 0. The molecule has 1 aromatic carbocycles. The van der Waals surface area contributed by atoms with Crippen LogP contribution >= 0.6 is 0 Å². The van der Waals surface area contributed by atoms with Gasteiger partial charge in [-0.05, 0) is 82.2 Å². The Kier molecular flexibility index (Phi) is 6.76. The maximum atomic E-state index is 12.3. The monoisotopic (exact) mass is 385 g/mol. The lowest BCUT2D eigenvalue weighted by molar-refractivity contribution is -0.0356. The van der Waals surface area contributed by atoms with Crippen LogP contribution in [-0.2, 0) is 10.3 Å². The molecule has 2 rings (SSSR count). The Morgan fingerprint density at radius 1 is 1.32 bits per heavy atom. The topological polar surface area (TPSA) is 49.8 Å². The molecule has 0 unspecified atom stereocenters. The third-order valence-electron chi connectivity index (χ3n) is 5.32. The SMILES string of the molecule is C=C(C)/C(=C\c1cc(C2(O)CCN(C(=O)OC(C)(C)C)CC2)ccc1C)CC. The number of allylic oxidation sites excluding steroid dienone is 2. The van der Waals surface area contributed by atoms with E-state index in [0.717, 1.165) is 23.1 Å². The molecule has 154 valence electrons. The first-order valence-corrected chi connectivity index (χ1v) is 10.1. The van der Waals surface area contributed by atoms with E-state index in [9.17, 15) is 9.90 Å². The molecule has 1 saturated heterocycles. The molecule has 1 fully saturated rings. The summed E-state index contributed by atoms with van der Waals surface area (Å²) < 4.78 is 5.45. The Bertz CT molecular complexity index is 763. The Hall–Kier alpha value is -2.07. The zero-order valence-corrected chi connectivity index (χ0v) is 18.3. The summed E-state index contributed by atoms with van der Waals surface area (Å²) in [5, 5.41) is 11.3. The number of ether oxygens (including phenoxy) is 1. The van der Waals surface area contributed by atoms with E-state index in [2.05, 4.69) is 38.6 Å². The molecular weight excluding hydrogens is 350 g/mol. The molecular formula is C24H35NO3. The van der Waals surface area contributed by atoms with Crippen LogP contribution in [0.1, 0.15) is 70.6 Å². The van der Waals surface area contributed by atoms with Gasteiger partial charge in [-0.2, -0.15) is 0 Å². The first-order chi connectivity index (χ1) is 12.9. The number of piperidine rings is 1. The molecule has 1 heterocycles. The van der Waals surface area contributed by atoms with Crippen molar-refractivity contribution < 1.29 is 14.6 Å². The molecule has 4 heteroatoms. The zero-order valence-electron chi connectivity index (χ0n) is 18.3. The Morgan fingerprint density at radius 3 is 2.43 bits per heavy atom. The predicted octanol–water partition coefficient (Wildman–Crippen LogP) is 5.58. The second-order valence-corrected chi connectivity index (χ2v) is 8.87. The van der Waals surface area contributed by atoms with Gasteiger partial charge in [0.2, 0.25) is 0 Å². The van der Waals surface area contributed by atoms with Crippen LogP contribution in [0.3, 0.4) is 0 Å². The van der Waals surface area contributed by atoms with Crippen molar-refractivity contribution in [2.24, 2.45) is 0 Å². The van der Waals surface area contributed by atoms with Crippen molar-refractivity contribution in [3.63, 3.8) is 0 Å². The van der Waals surface area contributed by atoms with E-state index in [1.165, 1.54) is 11.1 Å². The molecule has 0 spiro atoms. The Morgan fingerprint density at radius 2 is 1.93 bits per heavy atom. The van der Waals surface area contributed by atoms with Crippen molar-refractivity contribution >= 4 is 12.2 Å². The molecule has 0 bridgehead atoms. The second kappa shape index (κ2) is 8.52. The Balaban J connectivity index is 2.19. The van der Waals surface area contributed by atoms with Crippen molar-refractivity contribution in [3.05, 3.63) is 52.6 Å². The number of hydrogen-bond donors (Lipinski definition) is 1. The summed E-state index contributed by atoms with van der Waals surface area (Å²) in [6, 6.07) is 6.14. The lowest BCUT2D eigenvalue weighted by Gasteiger charge is -2.39. The molecule has 0 aromatic heterocycles. The van der Waals surface area contributed by atoms with E-state index < -0.39 is 11.2 Å². The van der Waals surface area contributed by atoms with Crippen LogP contribution in [0.5, 0.6) is 0 Å². The summed E-state index contributed by atoms with van der Waals surface area (Å²) in [6.45, 7) is 16.8. The van der Waals surface area contributed by atoms with Gasteiger partial charge >= 0.3 is 6.09 Å². The van der Waals surface area contributed by atoms with Crippen molar-refractivity contribution in [3.8, 4) is 0 Å². The molecule has 0 atom stereocenters. The molecule has 1 amide bonds. The summed E-state index contributed by atoms with van der Waals surface area (Å²) in [5.41, 5.74) is 4.04. The van der Waals surface area contributed by atoms with Crippen LogP contribution in [-0.4, -0.2) is 34.8 Å². The minimum atomic E-state index is -0.926. The highest BCUT2D eigenvalue weighted by Crippen LogP contribution is 2.35. The smallest absolute Gasteiger partial charge is 0.410 e. The second-order valence-electron chi connectivity index (χ2n) is 8.87. The van der Waals surface area contributed by atoms with Crippen molar-refractivity contribution in [1.82, 2.24) is 4.90 Å². The van der Waals surface area contributed by atoms with Gasteiger partial charge in [0.15, 0.2) is 0 Å². The zero-order chi connectivity index (χ0) is 21.1. The number of carbonyl (C=O) groups excluding carboxylic acids is 1. The largest absolute Gasteiger partial charge is 0.444 e. The first-order valence-electron chi connectivity index (χ1n) is 10.1. The van der Waals surface area contributed by atoms with Crippen molar-refractivity contribution in [2.45, 2.75) is 72.0 Å². The molecule has 0 saturated carbocycles. The average Bonchev–Trinajstić information content (AvgIpc) is 2.59. The molecule has 1 aliphatic heterocycles. The normalized spacial score (nSPS) is 17.4. The molecule has 28 heavy (non-hydrogen) atoms. The number of rotatable bonds is 4. The Labute approximate surface area is 169 Å². The van der Waals surface area contributed by atoms with Crippen LogP contribution in [0, 0.1) is 6.92 Å². The van der Waals surface area contributed by atoms with Crippen LogP contribution in [0.15, 0.2) is 35.9 Å². The minimum absolute atomic E-state index is 0.309. The van der Waals surface area contributed by atoms with Crippen LogP contribution in [0.25, 0.3) is 6.08 Å². The number of aryl methyl sites for hydroxylation is 1. The highest BCUT2D eigenvalue weighted by molar-refractivity contribution is 5.68. The van der Waals surface area contributed by atoms with Crippen molar-refractivity contribution in [1.29, 1.82) is 0 Å². The van der Waals surface area contributed by atoms with Gasteiger partial charge in [0.1, 0.15) is 5.60 Å². The number of amides is 1. The van der Waals surface area contributed by atoms with E-state index in [0.29, 0.717) is 25.9 Å². The molecule has 1 aromatic rings. The van der Waals surface area contributed by atoms with E-state index in [-0.39, 0.29) is 6.09 Å². The molecule has 1 N–H and O–H groups in total. The fraction of sp³-hybridized carbons (Fsp3) is 0.542. The van der Waals surface area contributed by atoms with Crippen LogP contribution < -0.4 is 0 Å². The number of hydrogen-bond acceptors (Lipinski definition) is 3. The summed E-state index contributed by atoms with van der Waals surface area (Å²) in [6.07, 6.45) is 3.78. The number of likely N-dealkylation sites (tertiary alicyclic amines) is 1. The van der Waals surface area contributed by atoms with Gasteiger partial charge in [0, 0.05) is 13.1 Å². The summed E-state index contributed by atoms with van der Waals surface area (Å²) in [7, 11) is 0. The minimum Gasteiger partial charge on any atom is -0.444 e. The van der Waals surface area contributed by atoms with Gasteiger partial charge in [-0.3, -0.25) is 0 Å². The van der Waals surface area contributed by atoms with Gasteiger partial charge in [-0.15, -0.1) is 0 Å².